The van der Waals surface area contributed by atoms with Crippen LogP contribution in [0.15, 0.2) is 18.2 Å². The smallest absolute Gasteiger partial charge is 0.125 e. The van der Waals surface area contributed by atoms with Crippen LogP contribution in [-0.4, -0.2) is 6.54 Å². The van der Waals surface area contributed by atoms with E-state index in [0.29, 0.717) is 10.7 Å². The van der Waals surface area contributed by atoms with Crippen molar-refractivity contribution in [1.29, 1.82) is 0 Å². The van der Waals surface area contributed by atoms with Gasteiger partial charge in [0.15, 0.2) is 0 Å². The molecule has 0 heterocycles. The molecular weight excluding hydrogens is 165 g/mol. The Morgan fingerprint density at radius 3 is 2.91 bits per heavy atom. The average molecular weight is 174 g/mol. The van der Waals surface area contributed by atoms with Gasteiger partial charge in [-0.15, -0.1) is 0 Å². The van der Waals surface area contributed by atoms with Crippen LogP contribution in [-0.2, 0) is 0 Å². The Kier molecular flexibility index (Phi) is 2.71. The molecule has 1 rings (SSSR count). The number of anilines is 1. The SMILES string of the molecule is CCNc1cc(F)ccc1Cl. The molecule has 0 aliphatic carbocycles. The van der Waals surface area contributed by atoms with Crippen LogP contribution in [0.25, 0.3) is 0 Å². The molecule has 0 aromatic heterocycles. The Morgan fingerprint density at radius 1 is 1.55 bits per heavy atom. The van der Waals surface area contributed by atoms with E-state index in [-0.39, 0.29) is 5.82 Å². The highest BCUT2D eigenvalue weighted by molar-refractivity contribution is 6.33. The van der Waals surface area contributed by atoms with Gasteiger partial charge in [-0.1, -0.05) is 11.6 Å². The summed E-state index contributed by atoms with van der Waals surface area (Å²) < 4.78 is 12.6. The summed E-state index contributed by atoms with van der Waals surface area (Å²) in [4.78, 5) is 0. The molecule has 0 saturated carbocycles. The second kappa shape index (κ2) is 3.58. The van der Waals surface area contributed by atoms with E-state index in [4.69, 9.17) is 11.6 Å². The summed E-state index contributed by atoms with van der Waals surface area (Å²) in [5.74, 6) is -0.273. The fourth-order valence-corrected chi connectivity index (χ4v) is 1.01. The minimum atomic E-state index is -0.273. The Balaban J connectivity index is 2.93. The summed E-state index contributed by atoms with van der Waals surface area (Å²) >= 11 is 5.75. The van der Waals surface area contributed by atoms with Crippen molar-refractivity contribution in [3.05, 3.63) is 29.0 Å². The number of benzene rings is 1. The van der Waals surface area contributed by atoms with Crippen molar-refractivity contribution >= 4 is 17.3 Å². The molecule has 0 atom stereocenters. The Bertz CT molecular complexity index is 250. The third-order valence-corrected chi connectivity index (χ3v) is 1.63. The van der Waals surface area contributed by atoms with Crippen LogP contribution in [0.4, 0.5) is 10.1 Å². The van der Waals surface area contributed by atoms with Gasteiger partial charge in [0.2, 0.25) is 0 Å². The monoisotopic (exact) mass is 173 g/mol. The highest BCUT2D eigenvalue weighted by atomic mass is 35.5. The number of hydrogen-bond donors (Lipinski definition) is 1. The van der Waals surface area contributed by atoms with Crippen molar-refractivity contribution < 1.29 is 4.39 Å². The topological polar surface area (TPSA) is 12.0 Å². The second-order valence-corrected chi connectivity index (χ2v) is 2.56. The second-order valence-electron chi connectivity index (χ2n) is 2.15. The van der Waals surface area contributed by atoms with Crippen molar-refractivity contribution in [1.82, 2.24) is 0 Å². The van der Waals surface area contributed by atoms with E-state index in [1.807, 2.05) is 6.92 Å². The van der Waals surface area contributed by atoms with Crippen LogP contribution >= 0.6 is 11.6 Å². The van der Waals surface area contributed by atoms with Crippen LogP contribution in [0.2, 0.25) is 5.02 Å². The molecule has 11 heavy (non-hydrogen) atoms. The van der Waals surface area contributed by atoms with E-state index in [1.54, 1.807) is 0 Å². The van der Waals surface area contributed by atoms with Crippen molar-refractivity contribution in [3.63, 3.8) is 0 Å². The molecule has 0 fully saturated rings. The maximum atomic E-state index is 12.6. The van der Waals surface area contributed by atoms with Gasteiger partial charge in [0.1, 0.15) is 5.82 Å². The summed E-state index contributed by atoms with van der Waals surface area (Å²) in [7, 11) is 0. The number of hydrogen-bond acceptors (Lipinski definition) is 1. The molecule has 0 spiro atoms. The summed E-state index contributed by atoms with van der Waals surface area (Å²) in [6.45, 7) is 2.67. The van der Waals surface area contributed by atoms with Crippen LogP contribution in [0.3, 0.4) is 0 Å². The molecule has 0 saturated heterocycles. The van der Waals surface area contributed by atoms with Crippen molar-refractivity contribution in [2.75, 3.05) is 11.9 Å². The van der Waals surface area contributed by atoms with E-state index in [1.165, 1.54) is 18.2 Å². The molecule has 1 aromatic rings. The number of halogens is 2. The van der Waals surface area contributed by atoms with E-state index in [2.05, 4.69) is 5.32 Å². The van der Waals surface area contributed by atoms with Gasteiger partial charge in [-0.2, -0.15) is 0 Å². The number of nitrogens with one attached hydrogen (secondary N) is 1. The van der Waals surface area contributed by atoms with Crippen LogP contribution in [0.5, 0.6) is 0 Å². The molecule has 0 unspecified atom stereocenters. The molecule has 0 bridgehead atoms. The molecule has 1 N–H and O–H groups in total. The summed E-state index contributed by atoms with van der Waals surface area (Å²) in [5, 5.41) is 3.49. The lowest BCUT2D eigenvalue weighted by Crippen LogP contribution is -1.97. The zero-order valence-electron chi connectivity index (χ0n) is 6.20. The Hall–Kier alpha value is -0.760. The average Bonchev–Trinajstić information content (AvgIpc) is 1.98. The standard InChI is InChI=1S/C8H9ClFN/c1-2-11-8-5-6(10)3-4-7(8)9/h3-5,11H,2H2,1H3. The minimum Gasteiger partial charge on any atom is -0.384 e. The lowest BCUT2D eigenvalue weighted by Gasteiger charge is -2.04. The third-order valence-electron chi connectivity index (χ3n) is 1.30. The van der Waals surface area contributed by atoms with Gasteiger partial charge in [0.25, 0.3) is 0 Å². The largest absolute Gasteiger partial charge is 0.384 e. The van der Waals surface area contributed by atoms with Gasteiger partial charge >= 0.3 is 0 Å². The van der Waals surface area contributed by atoms with Crippen molar-refractivity contribution in [2.24, 2.45) is 0 Å². The molecule has 0 radical (unpaired) electrons. The van der Waals surface area contributed by atoms with E-state index >= 15 is 0 Å². The van der Waals surface area contributed by atoms with E-state index < -0.39 is 0 Å². The van der Waals surface area contributed by atoms with Gasteiger partial charge in [0, 0.05) is 6.54 Å². The summed E-state index contributed by atoms with van der Waals surface area (Å²) in [6.07, 6.45) is 0. The molecule has 1 nitrogen and oxygen atoms in total. The lowest BCUT2D eigenvalue weighted by molar-refractivity contribution is 0.628. The molecule has 0 aliphatic rings. The van der Waals surface area contributed by atoms with E-state index in [9.17, 15) is 4.39 Å². The highest BCUT2D eigenvalue weighted by Gasteiger charge is 1.98. The first-order chi connectivity index (χ1) is 5.24. The normalized spacial score (nSPS) is 9.73. The number of rotatable bonds is 2. The van der Waals surface area contributed by atoms with Gasteiger partial charge in [-0.05, 0) is 25.1 Å². The summed E-state index contributed by atoms with van der Waals surface area (Å²) in [6, 6.07) is 4.25. The molecule has 1 aromatic carbocycles. The first-order valence-corrected chi connectivity index (χ1v) is 3.80. The van der Waals surface area contributed by atoms with Crippen LogP contribution in [0, 0.1) is 5.82 Å². The Labute approximate surface area is 70.2 Å². The van der Waals surface area contributed by atoms with Gasteiger partial charge < -0.3 is 5.32 Å². The molecule has 0 aliphatic heterocycles. The van der Waals surface area contributed by atoms with Gasteiger partial charge in [-0.25, -0.2) is 4.39 Å². The fourth-order valence-electron chi connectivity index (χ4n) is 0.823. The van der Waals surface area contributed by atoms with Gasteiger partial charge in [-0.3, -0.25) is 0 Å². The maximum absolute atomic E-state index is 12.6. The Morgan fingerprint density at radius 2 is 2.27 bits per heavy atom. The zero-order chi connectivity index (χ0) is 8.27. The van der Waals surface area contributed by atoms with E-state index in [0.717, 1.165) is 6.54 Å². The first-order valence-electron chi connectivity index (χ1n) is 3.43. The zero-order valence-corrected chi connectivity index (χ0v) is 6.95. The van der Waals surface area contributed by atoms with Crippen LogP contribution in [0.1, 0.15) is 6.92 Å². The predicted octanol–water partition coefficient (Wildman–Crippen LogP) is 2.91. The lowest BCUT2D eigenvalue weighted by atomic mass is 10.3. The molecular formula is C8H9ClFN. The molecule has 60 valence electrons. The maximum Gasteiger partial charge on any atom is 0.125 e. The summed E-state index contributed by atoms with van der Waals surface area (Å²) in [5.41, 5.74) is 0.647. The molecule has 0 amide bonds. The predicted molar refractivity (Wildman–Crippen MR) is 45.6 cm³/mol. The van der Waals surface area contributed by atoms with Gasteiger partial charge in [0.05, 0.1) is 10.7 Å². The molecule has 3 heteroatoms. The fraction of sp³-hybridized carbons (Fsp3) is 0.250. The highest BCUT2D eigenvalue weighted by Crippen LogP contribution is 2.21. The quantitative estimate of drug-likeness (QED) is 0.725. The van der Waals surface area contributed by atoms with Crippen molar-refractivity contribution in [2.45, 2.75) is 6.92 Å². The first kappa shape index (κ1) is 8.34. The van der Waals surface area contributed by atoms with Crippen molar-refractivity contribution in [3.8, 4) is 0 Å². The van der Waals surface area contributed by atoms with Crippen LogP contribution < -0.4 is 5.32 Å². The minimum absolute atomic E-state index is 0.273. The third kappa shape index (κ3) is 2.09.